The largest absolute Gasteiger partial charge is 0.504 e. The van der Waals surface area contributed by atoms with E-state index in [2.05, 4.69) is 4.99 Å². The highest BCUT2D eigenvalue weighted by molar-refractivity contribution is 7.07. The Hall–Kier alpha value is -3.65. The molecule has 4 rings (SSSR count). The molecule has 0 unspecified atom stereocenters. The fraction of sp³-hybridized carbons (Fsp3) is 0.208. The minimum atomic E-state index is -0.638. The number of rotatable bonds is 5. The molecule has 0 radical (unpaired) electrons. The summed E-state index contributed by atoms with van der Waals surface area (Å²) >= 11 is 1.24. The minimum Gasteiger partial charge on any atom is -0.504 e. The van der Waals surface area contributed by atoms with Crippen LogP contribution in [0.25, 0.3) is 6.08 Å². The van der Waals surface area contributed by atoms with E-state index in [0.29, 0.717) is 38.3 Å². The number of hydrogen-bond donors (Lipinski definition) is 1. The molecule has 32 heavy (non-hydrogen) atoms. The van der Waals surface area contributed by atoms with Gasteiger partial charge in [0.25, 0.3) is 5.56 Å². The smallest absolute Gasteiger partial charge is 0.338 e. The van der Waals surface area contributed by atoms with E-state index in [-0.39, 0.29) is 11.3 Å². The van der Waals surface area contributed by atoms with E-state index >= 15 is 0 Å². The highest BCUT2D eigenvalue weighted by Gasteiger charge is 2.33. The normalized spacial score (nSPS) is 15.8. The molecule has 0 amide bonds. The van der Waals surface area contributed by atoms with Crippen LogP contribution in [0.15, 0.2) is 69.6 Å². The molecule has 0 saturated heterocycles. The Kier molecular flexibility index (Phi) is 5.96. The Morgan fingerprint density at radius 2 is 1.97 bits per heavy atom. The lowest BCUT2D eigenvalue weighted by Gasteiger charge is -2.25. The van der Waals surface area contributed by atoms with Gasteiger partial charge in [0.05, 0.1) is 36.1 Å². The van der Waals surface area contributed by atoms with Crippen LogP contribution in [0.4, 0.5) is 0 Å². The number of allylic oxidation sites excluding steroid dienone is 1. The number of phenols is 1. The molecule has 7 nitrogen and oxygen atoms in total. The molecule has 0 fully saturated rings. The number of aromatic hydroxyl groups is 1. The maximum atomic E-state index is 13.5. The number of phenolic OH excluding ortho intramolecular Hbond substituents is 1. The van der Waals surface area contributed by atoms with Crippen molar-refractivity contribution in [1.29, 1.82) is 0 Å². The van der Waals surface area contributed by atoms with Crippen LogP contribution >= 0.6 is 11.3 Å². The molecular formula is C24H22N2O5S. The van der Waals surface area contributed by atoms with Gasteiger partial charge in [0.1, 0.15) is 0 Å². The predicted molar refractivity (Wildman–Crippen MR) is 121 cm³/mol. The van der Waals surface area contributed by atoms with Crippen LogP contribution in [-0.4, -0.2) is 29.9 Å². The zero-order chi connectivity index (χ0) is 22.8. The minimum absolute atomic E-state index is 0.0163. The van der Waals surface area contributed by atoms with Gasteiger partial charge >= 0.3 is 5.97 Å². The Balaban J connectivity index is 1.96. The van der Waals surface area contributed by atoms with Crippen molar-refractivity contribution in [3.8, 4) is 11.5 Å². The third kappa shape index (κ3) is 3.73. The van der Waals surface area contributed by atoms with Crippen molar-refractivity contribution in [2.45, 2.75) is 19.4 Å². The molecule has 1 aromatic heterocycles. The maximum Gasteiger partial charge on any atom is 0.338 e. The van der Waals surface area contributed by atoms with Crippen molar-refractivity contribution in [1.82, 2.24) is 4.57 Å². The number of fused-ring (bicyclic) bond motifs is 1. The average molecular weight is 451 g/mol. The molecule has 1 aliphatic heterocycles. The van der Waals surface area contributed by atoms with Gasteiger partial charge in [-0.1, -0.05) is 54.7 Å². The molecule has 0 bridgehead atoms. The molecule has 0 saturated carbocycles. The standard InChI is InChI=1S/C24H22N2O5S/c1-4-16-20(23(29)31-3)21(15-8-6-5-7-9-15)26-22(28)19(32-24(26)25-16)13-14-10-11-18(30-2)17(27)12-14/h5-13,21,27H,4H2,1-3H3/b19-13+/t21-/m0/s1. The van der Waals surface area contributed by atoms with E-state index in [1.807, 2.05) is 37.3 Å². The number of esters is 1. The quantitative estimate of drug-likeness (QED) is 0.604. The Morgan fingerprint density at radius 3 is 2.59 bits per heavy atom. The zero-order valence-corrected chi connectivity index (χ0v) is 18.7. The molecule has 164 valence electrons. The molecule has 1 N–H and O–H groups in total. The zero-order valence-electron chi connectivity index (χ0n) is 17.9. The first-order chi connectivity index (χ1) is 15.5. The van der Waals surface area contributed by atoms with Crippen LogP contribution in [-0.2, 0) is 9.53 Å². The van der Waals surface area contributed by atoms with Gasteiger partial charge in [0.15, 0.2) is 16.3 Å². The molecular weight excluding hydrogens is 428 g/mol. The van der Waals surface area contributed by atoms with E-state index in [1.165, 1.54) is 31.6 Å². The van der Waals surface area contributed by atoms with Crippen molar-refractivity contribution in [2.75, 3.05) is 14.2 Å². The number of thiazole rings is 1. The second kappa shape index (κ2) is 8.84. The summed E-state index contributed by atoms with van der Waals surface area (Å²) in [7, 11) is 2.80. The summed E-state index contributed by atoms with van der Waals surface area (Å²) in [5.41, 5.74) is 2.13. The van der Waals surface area contributed by atoms with Crippen LogP contribution in [0.1, 0.15) is 30.5 Å². The number of hydrogen-bond acceptors (Lipinski definition) is 7. The number of aromatic nitrogens is 1. The van der Waals surface area contributed by atoms with Gasteiger partial charge in [-0.05, 0) is 35.8 Å². The Labute approximate surface area is 188 Å². The topological polar surface area (TPSA) is 90.1 Å². The summed E-state index contributed by atoms with van der Waals surface area (Å²) < 4.78 is 12.1. The van der Waals surface area contributed by atoms with E-state index in [0.717, 1.165) is 5.56 Å². The number of benzene rings is 2. The Morgan fingerprint density at radius 1 is 1.22 bits per heavy atom. The molecule has 0 aliphatic carbocycles. The molecule has 0 spiro atoms. The van der Waals surface area contributed by atoms with Crippen molar-refractivity contribution in [2.24, 2.45) is 4.99 Å². The van der Waals surface area contributed by atoms with Gasteiger partial charge in [-0.3, -0.25) is 9.36 Å². The second-order valence-corrected chi connectivity index (χ2v) is 8.14. The van der Waals surface area contributed by atoms with Crippen molar-refractivity contribution >= 4 is 23.4 Å². The first-order valence-corrected chi connectivity index (χ1v) is 10.8. The summed E-state index contributed by atoms with van der Waals surface area (Å²) in [5.74, 6) is -0.172. The van der Waals surface area contributed by atoms with Crippen LogP contribution in [0, 0.1) is 0 Å². The number of methoxy groups -OCH3 is 2. The van der Waals surface area contributed by atoms with Crippen molar-refractivity contribution in [3.05, 3.63) is 90.6 Å². The lowest BCUT2D eigenvalue weighted by Crippen LogP contribution is -2.40. The number of carbonyl (C=O) groups is 1. The number of nitrogens with zero attached hydrogens (tertiary/aromatic N) is 2. The van der Waals surface area contributed by atoms with E-state index < -0.39 is 12.0 Å². The highest BCUT2D eigenvalue weighted by atomic mass is 32.1. The van der Waals surface area contributed by atoms with Gasteiger partial charge in [0.2, 0.25) is 0 Å². The van der Waals surface area contributed by atoms with Gasteiger partial charge < -0.3 is 14.6 Å². The van der Waals surface area contributed by atoms with Crippen LogP contribution < -0.4 is 19.6 Å². The summed E-state index contributed by atoms with van der Waals surface area (Å²) in [6, 6.07) is 13.7. The Bertz CT molecular complexity index is 1390. The monoisotopic (exact) mass is 450 g/mol. The molecule has 2 aromatic carbocycles. The lowest BCUT2D eigenvalue weighted by atomic mass is 9.95. The molecule has 1 atom stereocenters. The SMILES string of the molecule is CCC1=C(C(=O)OC)[C@H](c2ccccc2)n2c(s/c(=C/c3ccc(OC)c(O)c3)c2=O)=N1. The summed E-state index contributed by atoms with van der Waals surface area (Å²) in [5, 5.41) is 10.1. The third-order valence-electron chi connectivity index (χ3n) is 5.27. The van der Waals surface area contributed by atoms with Gasteiger partial charge in [0, 0.05) is 0 Å². The van der Waals surface area contributed by atoms with Crippen LogP contribution in [0.5, 0.6) is 11.5 Å². The lowest BCUT2D eigenvalue weighted by molar-refractivity contribution is -0.136. The number of carbonyl (C=O) groups excluding carboxylic acids is 1. The summed E-state index contributed by atoms with van der Waals surface area (Å²) in [6.07, 6.45) is 2.21. The average Bonchev–Trinajstić information content (AvgIpc) is 3.12. The fourth-order valence-corrected chi connectivity index (χ4v) is 4.78. The van der Waals surface area contributed by atoms with Crippen LogP contribution in [0.3, 0.4) is 0 Å². The molecule has 2 heterocycles. The van der Waals surface area contributed by atoms with E-state index in [4.69, 9.17) is 9.47 Å². The van der Waals surface area contributed by atoms with Crippen LogP contribution in [0.2, 0.25) is 0 Å². The molecule has 8 heteroatoms. The maximum absolute atomic E-state index is 13.5. The fourth-order valence-electron chi connectivity index (χ4n) is 3.76. The van der Waals surface area contributed by atoms with Gasteiger partial charge in [-0.25, -0.2) is 9.79 Å². The number of ether oxygens (including phenoxy) is 2. The van der Waals surface area contributed by atoms with Crippen molar-refractivity contribution in [3.63, 3.8) is 0 Å². The summed E-state index contributed by atoms with van der Waals surface area (Å²) in [6.45, 7) is 1.92. The molecule has 1 aliphatic rings. The highest BCUT2D eigenvalue weighted by Crippen LogP contribution is 2.31. The first kappa shape index (κ1) is 21.6. The van der Waals surface area contributed by atoms with Crippen molar-refractivity contribution < 1.29 is 19.4 Å². The van der Waals surface area contributed by atoms with Gasteiger partial charge in [-0.2, -0.15) is 0 Å². The van der Waals surface area contributed by atoms with E-state index in [9.17, 15) is 14.7 Å². The molecule has 3 aromatic rings. The van der Waals surface area contributed by atoms with Gasteiger partial charge in [-0.15, -0.1) is 0 Å². The first-order valence-electron chi connectivity index (χ1n) is 10.0. The third-order valence-corrected chi connectivity index (χ3v) is 6.25. The van der Waals surface area contributed by atoms with E-state index in [1.54, 1.807) is 22.8 Å². The second-order valence-electron chi connectivity index (χ2n) is 7.13. The predicted octanol–water partition coefficient (Wildman–Crippen LogP) is 2.51. The summed E-state index contributed by atoms with van der Waals surface area (Å²) in [4.78, 5) is 31.4.